The number of likely N-dealkylation sites (tertiary alicyclic amines) is 1. The Morgan fingerprint density at radius 2 is 1.83 bits per heavy atom. The first kappa shape index (κ1) is 15.9. The number of rotatable bonds is 4. The Bertz CT molecular complexity index is 718. The summed E-state index contributed by atoms with van der Waals surface area (Å²) in [6.07, 6.45) is 4.96. The average molecular weight is 326 g/mol. The summed E-state index contributed by atoms with van der Waals surface area (Å²) >= 11 is 0. The van der Waals surface area contributed by atoms with E-state index >= 15 is 0 Å². The molecule has 0 saturated carbocycles. The number of carbonyl (C=O) groups excluding carboxylic acids is 1. The summed E-state index contributed by atoms with van der Waals surface area (Å²) in [6.45, 7) is 0.444. The van der Waals surface area contributed by atoms with E-state index in [2.05, 4.69) is 15.3 Å². The molecule has 0 unspecified atom stereocenters. The SMILES string of the molecule is O=C(O)[C@@H]1CCCCN1C(=O)c1cnc(Nc2ccccc2)nc1. The van der Waals surface area contributed by atoms with Gasteiger partial charge in [0.05, 0.1) is 5.56 Å². The van der Waals surface area contributed by atoms with Crippen LogP contribution in [0.1, 0.15) is 29.6 Å². The van der Waals surface area contributed by atoms with Crippen molar-refractivity contribution in [3.05, 3.63) is 48.3 Å². The van der Waals surface area contributed by atoms with E-state index in [1.807, 2.05) is 30.3 Å². The summed E-state index contributed by atoms with van der Waals surface area (Å²) < 4.78 is 0. The minimum atomic E-state index is -0.966. The number of nitrogens with zero attached hydrogens (tertiary/aromatic N) is 3. The quantitative estimate of drug-likeness (QED) is 0.895. The van der Waals surface area contributed by atoms with Gasteiger partial charge in [-0.05, 0) is 31.4 Å². The molecule has 1 fully saturated rings. The third kappa shape index (κ3) is 3.51. The van der Waals surface area contributed by atoms with E-state index in [0.717, 1.165) is 18.5 Å². The summed E-state index contributed by atoms with van der Waals surface area (Å²) in [5, 5.41) is 12.3. The number of hydrogen-bond acceptors (Lipinski definition) is 5. The van der Waals surface area contributed by atoms with E-state index in [1.54, 1.807) is 0 Å². The smallest absolute Gasteiger partial charge is 0.326 e. The second-order valence-electron chi connectivity index (χ2n) is 5.63. The van der Waals surface area contributed by atoms with Crippen molar-refractivity contribution in [1.82, 2.24) is 14.9 Å². The highest BCUT2D eigenvalue weighted by atomic mass is 16.4. The van der Waals surface area contributed by atoms with Gasteiger partial charge in [0.2, 0.25) is 5.95 Å². The topological polar surface area (TPSA) is 95.4 Å². The van der Waals surface area contributed by atoms with Crippen LogP contribution in [0.5, 0.6) is 0 Å². The van der Waals surface area contributed by atoms with Crippen LogP contribution >= 0.6 is 0 Å². The van der Waals surface area contributed by atoms with Gasteiger partial charge in [0.15, 0.2) is 0 Å². The molecule has 0 aliphatic carbocycles. The Kier molecular flexibility index (Phi) is 4.69. The van der Waals surface area contributed by atoms with Crippen molar-refractivity contribution in [3.8, 4) is 0 Å². The third-order valence-electron chi connectivity index (χ3n) is 3.98. The fraction of sp³-hybridized carbons (Fsp3) is 0.294. The first-order chi connectivity index (χ1) is 11.6. The molecule has 24 heavy (non-hydrogen) atoms. The molecule has 2 heterocycles. The van der Waals surface area contributed by atoms with E-state index in [-0.39, 0.29) is 5.91 Å². The maximum atomic E-state index is 12.5. The van der Waals surface area contributed by atoms with E-state index in [0.29, 0.717) is 24.5 Å². The number of hydrogen-bond donors (Lipinski definition) is 2. The van der Waals surface area contributed by atoms with Gasteiger partial charge in [-0.2, -0.15) is 0 Å². The Morgan fingerprint density at radius 1 is 1.12 bits per heavy atom. The molecule has 1 aliphatic rings. The van der Waals surface area contributed by atoms with Crippen molar-refractivity contribution in [2.24, 2.45) is 0 Å². The molecule has 3 rings (SSSR count). The molecule has 2 N–H and O–H groups in total. The first-order valence-electron chi connectivity index (χ1n) is 7.83. The fourth-order valence-corrected chi connectivity index (χ4v) is 2.75. The molecular formula is C17H18N4O3. The predicted molar refractivity (Wildman–Crippen MR) is 88.1 cm³/mol. The number of aromatic nitrogens is 2. The number of carboxylic acids is 1. The monoisotopic (exact) mass is 326 g/mol. The molecule has 124 valence electrons. The van der Waals surface area contributed by atoms with Gasteiger partial charge in [-0.3, -0.25) is 4.79 Å². The van der Waals surface area contributed by atoms with E-state index in [1.165, 1.54) is 17.3 Å². The number of aliphatic carboxylic acids is 1. The lowest BCUT2D eigenvalue weighted by atomic mass is 10.0. The molecule has 2 aromatic rings. The minimum Gasteiger partial charge on any atom is -0.480 e. The van der Waals surface area contributed by atoms with Crippen LogP contribution in [0.4, 0.5) is 11.6 Å². The van der Waals surface area contributed by atoms with Crippen molar-refractivity contribution < 1.29 is 14.7 Å². The van der Waals surface area contributed by atoms with Crippen LogP contribution in [0, 0.1) is 0 Å². The van der Waals surface area contributed by atoms with Crippen LogP contribution in [0.15, 0.2) is 42.7 Å². The van der Waals surface area contributed by atoms with E-state index in [9.17, 15) is 14.7 Å². The van der Waals surface area contributed by atoms with Crippen molar-refractivity contribution in [2.75, 3.05) is 11.9 Å². The van der Waals surface area contributed by atoms with E-state index < -0.39 is 12.0 Å². The summed E-state index contributed by atoms with van der Waals surface area (Å²) in [4.78, 5) is 33.6. The van der Waals surface area contributed by atoms with Crippen molar-refractivity contribution in [3.63, 3.8) is 0 Å². The highest BCUT2D eigenvalue weighted by Crippen LogP contribution is 2.20. The lowest BCUT2D eigenvalue weighted by Gasteiger charge is -2.32. The summed E-state index contributed by atoms with van der Waals surface area (Å²) in [5.74, 6) is -0.925. The number of carboxylic acid groups (broad SMARTS) is 1. The Labute approximate surface area is 139 Å². The van der Waals surface area contributed by atoms with Gasteiger partial charge < -0.3 is 15.3 Å². The Morgan fingerprint density at radius 3 is 2.50 bits per heavy atom. The first-order valence-corrected chi connectivity index (χ1v) is 7.83. The van der Waals surface area contributed by atoms with Gasteiger partial charge in [0.25, 0.3) is 5.91 Å². The molecule has 0 radical (unpaired) electrons. The van der Waals surface area contributed by atoms with Gasteiger partial charge in [-0.15, -0.1) is 0 Å². The Balaban J connectivity index is 1.72. The van der Waals surface area contributed by atoms with Gasteiger partial charge >= 0.3 is 5.97 Å². The fourth-order valence-electron chi connectivity index (χ4n) is 2.75. The number of anilines is 2. The van der Waals surface area contributed by atoms with Gasteiger partial charge in [0, 0.05) is 24.6 Å². The lowest BCUT2D eigenvalue weighted by molar-refractivity contribution is -0.143. The molecule has 7 heteroatoms. The maximum Gasteiger partial charge on any atom is 0.326 e. The van der Waals surface area contributed by atoms with Gasteiger partial charge in [0.1, 0.15) is 6.04 Å². The lowest BCUT2D eigenvalue weighted by Crippen LogP contribution is -2.48. The Hall–Kier alpha value is -2.96. The van der Waals surface area contributed by atoms with Crippen LogP contribution in [0.2, 0.25) is 0 Å². The molecule has 1 amide bonds. The largest absolute Gasteiger partial charge is 0.480 e. The number of benzene rings is 1. The molecule has 1 aliphatic heterocycles. The molecule has 1 aromatic heterocycles. The van der Waals surface area contributed by atoms with Crippen molar-refractivity contribution >= 4 is 23.5 Å². The summed E-state index contributed by atoms with van der Waals surface area (Å²) in [6, 6.07) is 8.69. The van der Waals surface area contributed by atoms with Crippen LogP contribution in [-0.2, 0) is 4.79 Å². The van der Waals surface area contributed by atoms with Crippen molar-refractivity contribution in [2.45, 2.75) is 25.3 Å². The number of piperidine rings is 1. The minimum absolute atomic E-state index is 0.293. The van der Waals surface area contributed by atoms with Crippen LogP contribution in [0.25, 0.3) is 0 Å². The molecule has 7 nitrogen and oxygen atoms in total. The molecule has 0 bridgehead atoms. The predicted octanol–water partition coefficient (Wildman–Crippen LogP) is 2.30. The van der Waals surface area contributed by atoms with Gasteiger partial charge in [-0.1, -0.05) is 18.2 Å². The zero-order valence-electron chi connectivity index (χ0n) is 13.1. The number of para-hydroxylation sites is 1. The second kappa shape index (κ2) is 7.08. The number of amides is 1. The van der Waals surface area contributed by atoms with E-state index in [4.69, 9.17) is 0 Å². The molecule has 1 atom stereocenters. The molecule has 1 aromatic carbocycles. The zero-order chi connectivity index (χ0) is 16.9. The second-order valence-corrected chi connectivity index (χ2v) is 5.63. The third-order valence-corrected chi connectivity index (χ3v) is 3.98. The number of nitrogens with one attached hydrogen (secondary N) is 1. The standard InChI is InChI=1S/C17H18N4O3/c22-15(21-9-5-4-8-14(21)16(23)24)12-10-18-17(19-11-12)20-13-6-2-1-3-7-13/h1-3,6-7,10-11,14H,4-5,8-9H2,(H,23,24)(H,18,19,20)/t14-/m0/s1. The zero-order valence-corrected chi connectivity index (χ0v) is 13.1. The maximum absolute atomic E-state index is 12.5. The normalized spacial score (nSPS) is 17.3. The summed E-state index contributed by atoms with van der Waals surface area (Å²) in [7, 11) is 0. The van der Waals surface area contributed by atoms with Crippen LogP contribution < -0.4 is 5.32 Å². The van der Waals surface area contributed by atoms with Crippen LogP contribution in [0.3, 0.4) is 0 Å². The molecule has 0 spiro atoms. The van der Waals surface area contributed by atoms with Crippen LogP contribution in [-0.4, -0.2) is 44.4 Å². The average Bonchev–Trinajstić information content (AvgIpc) is 2.62. The highest BCUT2D eigenvalue weighted by Gasteiger charge is 2.32. The van der Waals surface area contributed by atoms with Crippen molar-refractivity contribution in [1.29, 1.82) is 0 Å². The van der Waals surface area contributed by atoms with Gasteiger partial charge in [-0.25, -0.2) is 14.8 Å². The number of carbonyl (C=O) groups is 2. The highest BCUT2D eigenvalue weighted by molar-refractivity contribution is 5.96. The molecule has 1 saturated heterocycles. The summed E-state index contributed by atoms with van der Waals surface area (Å²) in [5.41, 5.74) is 1.14. The molecular weight excluding hydrogens is 308 g/mol.